The van der Waals surface area contributed by atoms with Gasteiger partial charge in [0.15, 0.2) is 0 Å². The standard InChI is InChI=1S/C5H5S7/c6-2(7)4-10-1-11-5(12-4)3(8)9/h4H,1H2,(H,6,7)(H,8,9). The van der Waals surface area contributed by atoms with Gasteiger partial charge in [0.05, 0.1) is 13.0 Å². The summed E-state index contributed by atoms with van der Waals surface area (Å²) in [7, 11) is 0. The van der Waals surface area contributed by atoms with Crippen molar-refractivity contribution in [2.24, 2.45) is 0 Å². The van der Waals surface area contributed by atoms with Gasteiger partial charge in [-0.15, -0.1) is 60.5 Å². The van der Waals surface area contributed by atoms with E-state index >= 15 is 0 Å². The lowest BCUT2D eigenvalue weighted by Gasteiger charge is -2.25. The molecule has 12 heavy (non-hydrogen) atoms. The first-order chi connectivity index (χ1) is 5.61. The van der Waals surface area contributed by atoms with Gasteiger partial charge in [0.1, 0.15) is 4.58 Å². The second-order valence-corrected chi connectivity index (χ2v) is 8.31. The lowest BCUT2D eigenvalue weighted by molar-refractivity contribution is 1.88. The number of hydrogen-bond donors (Lipinski definition) is 2. The van der Waals surface area contributed by atoms with E-state index in [0.717, 1.165) is 13.9 Å². The lowest BCUT2D eigenvalue weighted by Crippen LogP contribution is -2.13. The molecule has 1 atom stereocenters. The molecule has 0 aromatic rings. The van der Waals surface area contributed by atoms with Gasteiger partial charge in [-0.1, -0.05) is 24.4 Å². The van der Waals surface area contributed by atoms with Gasteiger partial charge < -0.3 is 0 Å². The normalized spacial score (nSPS) is 25.3. The van der Waals surface area contributed by atoms with E-state index in [4.69, 9.17) is 24.4 Å². The molecule has 1 fully saturated rings. The highest BCUT2D eigenvalue weighted by atomic mass is 32.3. The Morgan fingerprint density at radius 3 is 2.58 bits per heavy atom. The van der Waals surface area contributed by atoms with Crippen LogP contribution in [0.3, 0.4) is 0 Å². The molecule has 7 heteroatoms. The minimum absolute atomic E-state index is 0.254. The van der Waals surface area contributed by atoms with E-state index in [9.17, 15) is 0 Å². The van der Waals surface area contributed by atoms with Crippen molar-refractivity contribution in [2.45, 2.75) is 4.58 Å². The first-order valence-corrected chi connectivity index (χ1v) is 7.48. The fourth-order valence-electron chi connectivity index (χ4n) is 0.548. The van der Waals surface area contributed by atoms with Crippen LogP contribution in [-0.4, -0.2) is 18.1 Å². The van der Waals surface area contributed by atoms with E-state index in [1.165, 1.54) is 0 Å². The molecule has 1 saturated heterocycles. The van der Waals surface area contributed by atoms with Crippen LogP contribution in [0, 0.1) is 4.58 Å². The van der Waals surface area contributed by atoms with E-state index in [1.807, 2.05) is 0 Å². The molecule has 1 rings (SSSR count). The molecule has 1 unspecified atom stereocenters. The Kier molecular flexibility index (Phi) is 5.73. The Hall–Kier alpha value is 1.93. The highest BCUT2D eigenvalue weighted by molar-refractivity contribution is 8.40. The highest BCUT2D eigenvalue weighted by Gasteiger charge is 2.27. The van der Waals surface area contributed by atoms with Crippen molar-refractivity contribution in [3.05, 3.63) is 4.58 Å². The molecule has 0 aliphatic carbocycles. The van der Waals surface area contributed by atoms with Gasteiger partial charge in [-0.05, 0) is 0 Å². The van der Waals surface area contributed by atoms with Crippen molar-refractivity contribution in [1.29, 1.82) is 0 Å². The smallest absolute Gasteiger partial charge is 0.133 e. The van der Waals surface area contributed by atoms with E-state index < -0.39 is 0 Å². The van der Waals surface area contributed by atoms with Gasteiger partial charge in [-0.3, -0.25) is 0 Å². The first kappa shape index (κ1) is 12.0. The summed E-state index contributed by atoms with van der Waals surface area (Å²) >= 11 is 23.4. The molecule has 0 saturated carbocycles. The summed E-state index contributed by atoms with van der Waals surface area (Å²) in [5.41, 5.74) is 0. The molecule has 0 aromatic heterocycles. The molecule has 0 nitrogen and oxygen atoms in total. The molecule has 1 heterocycles. The molecular formula is C5H5S7. The topological polar surface area (TPSA) is 0 Å². The number of thiocarbonyl (C=S) groups is 2. The van der Waals surface area contributed by atoms with Crippen molar-refractivity contribution in [2.75, 3.05) is 5.08 Å². The summed E-state index contributed by atoms with van der Waals surface area (Å²) in [6.07, 6.45) is 0. The van der Waals surface area contributed by atoms with E-state index in [2.05, 4.69) is 25.3 Å². The van der Waals surface area contributed by atoms with Crippen LogP contribution in [0.25, 0.3) is 0 Å². The molecule has 0 N–H and O–H groups in total. The van der Waals surface area contributed by atoms with Gasteiger partial charge >= 0.3 is 0 Å². The van der Waals surface area contributed by atoms with E-state index in [1.54, 1.807) is 35.3 Å². The second-order valence-electron chi connectivity index (χ2n) is 1.81. The molecule has 1 aliphatic heterocycles. The largest absolute Gasteiger partial charge is 0.134 e. The summed E-state index contributed by atoms with van der Waals surface area (Å²) in [5, 5.41) is 0.981. The third kappa shape index (κ3) is 3.59. The molecule has 1 radical (unpaired) electrons. The van der Waals surface area contributed by atoms with E-state index in [0.29, 0.717) is 4.20 Å². The van der Waals surface area contributed by atoms with Crippen LogP contribution in [-0.2, 0) is 0 Å². The zero-order valence-corrected chi connectivity index (χ0v) is 11.6. The number of hydrogen-bond acceptors (Lipinski definition) is 5. The van der Waals surface area contributed by atoms with Crippen LogP contribution in [0.4, 0.5) is 0 Å². The summed E-state index contributed by atoms with van der Waals surface area (Å²) in [4.78, 5) is 0. The Balaban J connectivity index is 2.51. The van der Waals surface area contributed by atoms with Crippen molar-refractivity contribution < 1.29 is 0 Å². The minimum atomic E-state index is 0.254. The molecular weight excluding hydrogens is 285 g/mol. The van der Waals surface area contributed by atoms with Crippen LogP contribution in [0.5, 0.6) is 0 Å². The fourth-order valence-corrected chi connectivity index (χ4v) is 6.05. The number of thioether (sulfide) groups is 3. The van der Waals surface area contributed by atoms with Gasteiger partial charge in [-0.25, -0.2) is 0 Å². The van der Waals surface area contributed by atoms with Gasteiger partial charge in [0, 0.05) is 5.08 Å². The lowest BCUT2D eigenvalue weighted by atomic mass is 10.9. The Morgan fingerprint density at radius 2 is 2.08 bits per heavy atom. The predicted molar refractivity (Wildman–Crippen MR) is 77.8 cm³/mol. The third-order valence-corrected chi connectivity index (χ3v) is 7.36. The second kappa shape index (κ2) is 5.72. The first-order valence-electron chi connectivity index (χ1n) is 2.85. The van der Waals surface area contributed by atoms with Crippen LogP contribution in [0.1, 0.15) is 0 Å². The van der Waals surface area contributed by atoms with Crippen LogP contribution in [0.2, 0.25) is 0 Å². The Labute approximate surface area is 107 Å². The predicted octanol–water partition coefficient (Wildman–Crippen LogP) is 3.49. The van der Waals surface area contributed by atoms with Crippen LogP contribution < -0.4 is 0 Å². The SMILES string of the molecule is S=C(S)[C]1SCSC(C(=S)S)S1. The van der Waals surface area contributed by atoms with Crippen molar-refractivity contribution in [3.63, 3.8) is 0 Å². The molecule has 67 valence electrons. The van der Waals surface area contributed by atoms with Crippen LogP contribution in [0.15, 0.2) is 0 Å². The maximum absolute atomic E-state index is 4.99. The monoisotopic (exact) mass is 289 g/mol. The molecule has 0 amide bonds. The Morgan fingerprint density at radius 1 is 1.42 bits per heavy atom. The fraction of sp³-hybridized carbons (Fsp3) is 0.400. The molecule has 0 aromatic carbocycles. The zero-order chi connectivity index (χ0) is 9.14. The van der Waals surface area contributed by atoms with Crippen LogP contribution >= 0.6 is 85.0 Å². The summed E-state index contributed by atoms with van der Waals surface area (Å²) < 4.78 is 2.74. The minimum Gasteiger partial charge on any atom is -0.134 e. The molecule has 0 spiro atoms. The van der Waals surface area contributed by atoms with Crippen molar-refractivity contribution in [3.8, 4) is 0 Å². The average molecular weight is 290 g/mol. The summed E-state index contributed by atoms with van der Waals surface area (Å²) in [6.45, 7) is 0. The number of thiol groups is 2. The maximum Gasteiger partial charge on any atom is 0.133 e. The Bertz CT molecular complexity index is 180. The summed E-state index contributed by atoms with van der Waals surface area (Å²) in [5.74, 6) is 0. The zero-order valence-electron chi connectivity index (χ0n) is 5.72. The van der Waals surface area contributed by atoms with Gasteiger partial charge in [-0.2, -0.15) is 0 Å². The van der Waals surface area contributed by atoms with Crippen molar-refractivity contribution in [1.82, 2.24) is 0 Å². The van der Waals surface area contributed by atoms with E-state index in [-0.39, 0.29) is 4.58 Å². The maximum atomic E-state index is 4.99. The average Bonchev–Trinajstić information content (AvgIpc) is 2.04. The molecule has 0 bridgehead atoms. The third-order valence-electron chi connectivity index (χ3n) is 1.000. The molecule has 1 aliphatic rings. The quantitative estimate of drug-likeness (QED) is 0.588. The van der Waals surface area contributed by atoms with Crippen molar-refractivity contribution >= 4 is 93.4 Å². The highest BCUT2D eigenvalue weighted by Crippen LogP contribution is 2.49. The van der Waals surface area contributed by atoms with Gasteiger partial charge in [0.25, 0.3) is 0 Å². The summed E-state index contributed by atoms with van der Waals surface area (Å²) in [6, 6.07) is 0. The number of rotatable bonds is 2. The van der Waals surface area contributed by atoms with Gasteiger partial charge in [0.2, 0.25) is 0 Å².